The van der Waals surface area contributed by atoms with Crippen LogP contribution in [0.4, 0.5) is 5.69 Å². The van der Waals surface area contributed by atoms with Gasteiger partial charge in [0.15, 0.2) is 6.10 Å². The van der Waals surface area contributed by atoms with Gasteiger partial charge in [0.25, 0.3) is 15.9 Å². The van der Waals surface area contributed by atoms with E-state index in [2.05, 4.69) is 10.7 Å². The molecule has 0 fully saturated rings. The normalized spacial score (nSPS) is 12.1. The van der Waals surface area contributed by atoms with Crippen molar-refractivity contribution in [2.75, 3.05) is 5.32 Å². The fourth-order valence-corrected chi connectivity index (χ4v) is 3.14. The first kappa shape index (κ1) is 21.4. The highest BCUT2D eigenvalue weighted by Gasteiger charge is 2.20. The van der Waals surface area contributed by atoms with Gasteiger partial charge in [0.05, 0.1) is 4.90 Å². The van der Waals surface area contributed by atoms with Gasteiger partial charge in [-0.2, -0.15) is 0 Å². The number of ether oxygens (including phenoxy) is 1. The Kier molecular flexibility index (Phi) is 6.76. The summed E-state index contributed by atoms with van der Waals surface area (Å²) >= 11 is 0. The minimum atomic E-state index is -3.97. The second kappa shape index (κ2) is 8.85. The van der Waals surface area contributed by atoms with Crippen LogP contribution in [0.5, 0.6) is 5.75 Å². The van der Waals surface area contributed by atoms with E-state index in [1.807, 2.05) is 30.8 Å². The lowest BCUT2D eigenvalue weighted by molar-refractivity contribution is -0.127. The molecule has 0 aromatic heterocycles. The highest BCUT2D eigenvalue weighted by molar-refractivity contribution is 7.89. The van der Waals surface area contributed by atoms with Gasteiger partial charge in [0, 0.05) is 12.6 Å². The zero-order valence-corrected chi connectivity index (χ0v) is 16.9. The second-order valence-electron chi connectivity index (χ2n) is 6.26. The number of carbonyl (C=O) groups is 2. The molecular weight excluding hydrogens is 382 g/mol. The molecule has 9 heteroatoms. The van der Waals surface area contributed by atoms with Crippen LogP contribution in [-0.2, 0) is 19.6 Å². The maximum atomic E-state index is 12.3. The molecule has 0 spiro atoms. The van der Waals surface area contributed by atoms with Gasteiger partial charge in [0.2, 0.25) is 5.91 Å². The topological polar surface area (TPSA) is 114 Å². The van der Waals surface area contributed by atoms with Gasteiger partial charge in [-0.3, -0.25) is 15.0 Å². The van der Waals surface area contributed by atoms with E-state index in [1.54, 1.807) is 6.07 Å². The van der Waals surface area contributed by atoms with E-state index in [-0.39, 0.29) is 10.8 Å². The summed E-state index contributed by atoms with van der Waals surface area (Å²) < 4.78 is 30.2. The molecule has 2 rings (SSSR count). The van der Waals surface area contributed by atoms with Gasteiger partial charge in [-0.05, 0) is 62.2 Å². The van der Waals surface area contributed by atoms with Gasteiger partial charge in [-0.1, -0.05) is 12.1 Å². The molecule has 0 saturated heterocycles. The van der Waals surface area contributed by atoms with Crippen LogP contribution in [0.3, 0.4) is 0 Å². The van der Waals surface area contributed by atoms with Crippen LogP contribution in [0.1, 0.15) is 25.0 Å². The zero-order valence-electron chi connectivity index (χ0n) is 16.1. The molecule has 0 heterocycles. The van der Waals surface area contributed by atoms with Crippen molar-refractivity contribution in [3.05, 3.63) is 53.6 Å². The van der Waals surface area contributed by atoms with Crippen molar-refractivity contribution in [3.8, 4) is 5.75 Å². The van der Waals surface area contributed by atoms with Crippen molar-refractivity contribution in [1.29, 1.82) is 0 Å². The number of benzene rings is 2. The van der Waals surface area contributed by atoms with Crippen LogP contribution in [0.25, 0.3) is 0 Å². The zero-order chi connectivity index (χ0) is 20.9. The molecule has 0 bridgehead atoms. The Bertz CT molecular complexity index is 972. The van der Waals surface area contributed by atoms with Crippen LogP contribution in [0.15, 0.2) is 47.4 Å². The summed E-state index contributed by atoms with van der Waals surface area (Å²) in [5.74, 6) is -0.350. The molecule has 0 aliphatic carbocycles. The Hall–Kier alpha value is -2.91. The molecule has 28 heavy (non-hydrogen) atoms. The number of hydrogen-bond donors (Lipinski definition) is 3. The number of anilines is 1. The van der Waals surface area contributed by atoms with Crippen LogP contribution >= 0.6 is 0 Å². The summed E-state index contributed by atoms with van der Waals surface area (Å²) in [6.07, 6.45) is -0.912. The predicted molar refractivity (Wildman–Crippen MR) is 105 cm³/mol. The molecule has 0 radical (unpaired) electrons. The first-order valence-corrected chi connectivity index (χ1v) is 10.0. The fraction of sp³-hybridized carbons (Fsp3) is 0.263. The Balaban J connectivity index is 1.98. The highest BCUT2D eigenvalue weighted by Crippen LogP contribution is 2.21. The summed E-state index contributed by atoms with van der Waals surface area (Å²) in [4.78, 5) is 25.2. The molecule has 3 N–H and O–H groups in total. The average molecular weight is 405 g/mol. The Morgan fingerprint density at radius 1 is 1.04 bits per heavy atom. The highest BCUT2D eigenvalue weighted by atomic mass is 32.2. The van der Waals surface area contributed by atoms with Crippen molar-refractivity contribution in [2.24, 2.45) is 0 Å². The summed E-state index contributed by atoms with van der Waals surface area (Å²) in [6, 6.07) is 11.0. The Labute approximate surface area is 164 Å². The van der Waals surface area contributed by atoms with E-state index >= 15 is 0 Å². The van der Waals surface area contributed by atoms with E-state index in [0.29, 0.717) is 11.4 Å². The predicted octanol–water partition coefficient (Wildman–Crippen LogP) is 2.04. The van der Waals surface area contributed by atoms with Crippen LogP contribution in [0, 0.1) is 13.8 Å². The van der Waals surface area contributed by atoms with Crippen LogP contribution < -0.4 is 20.3 Å². The van der Waals surface area contributed by atoms with E-state index in [9.17, 15) is 18.0 Å². The van der Waals surface area contributed by atoms with Crippen molar-refractivity contribution in [2.45, 2.75) is 38.7 Å². The van der Waals surface area contributed by atoms with Crippen molar-refractivity contribution in [1.82, 2.24) is 10.3 Å². The van der Waals surface area contributed by atoms with Gasteiger partial charge < -0.3 is 10.1 Å². The van der Waals surface area contributed by atoms with Gasteiger partial charge in [-0.25, -0.2) is 8.42 Å². The smallest absolute Gasteiger partial charge is 0.275 e. The second-order valence-corrected chi connectivity index (χ2v) is 7.94. The summed E-state index contributed by atoms with van der Waals surface area (Å²) in [5, 5.41) is 2.54. The lowest BCUT2D eigenvalue weighted by Gasteiger charge is -2.17. The number of amides is 2. The number of hydrogen-bond acceptors (Lipinski definition) is 5. The number of rotatable bonds is 7. The minimum absolute atomic E-state index is 0.0648. The number of hydrazine groups is 1. The van der Waals surface area contributed by atoms with E-state index in [0.717, 1.165) is 11.1 Å². The molecule has 0 aliphatic heterocycles. The lowest BCUT2D eigenvalue weighted by Crippen LogP contribution is -2.47. The van der Waals surface area contributed by atoms with E-state index in [1.165, 1.54) is 38.1 Å². The van der Waals surface area contributed by atoms with Gasteiger partial charge >= 0.3 is 0 Å². The fourth-order valence-electron chi connectivity index (χ4n) is 2.29. The third-order valence-electron chi connectivity index (χ3n) is 4.02. The quantitative estimate of drug-likeness (QED) is 0.610. The molecule has 2 aromatic carbocycles. The summed E-state index contributed by atoms with van der Waals surface area (Å²) in [5.41, 5.74) is 4.54. The van der Waals surface area contributed by atoms with Crippen molar-refractivity contribution in [3.63, 3.8) is 0 Å². The first-order valence-electron chi connectivity index (χ1n) is 8.52. The van der Waals surface area contributed by atoms with Crippen molar-refractivity contribution >= 4 is 27.5 Å². The molecular formula is C19H23N3O5S. The maximum absolute atomic E-state index is 12.3. The number of carbonyl (C=O) groups excluding carboxylic acids is 2. The number of sulfonamides is 1. The Morgan fingerprint density at radius 3 is 2.29 bits per heavy atom. The number of nitrogens with one attached hydrogen (secondary N) is 3. The maximum Gasteiger partial charge on any atom is 0.275 e. The van der Waals surface area contributed by atoms with Crippen LogP contribution in [-0.4, -0.2) is 26.3 Å². The average Bonchev–Trinajstić information content (AvgIpc) is 2.63. The summed E-state index contributed by atoms with van der Waals surface area (Å²) in [6.45, 7) is 6.68. The third kappa shape index (κ3) is 5.54. The number of aryl methyl sites for hydroxylation is 1. The largest absolute Gasteiger partial charge is 0.481 e. The lowest BCUT2D eigenvalue weighted by atomic mass is 10.1. The van der Waals surface area contributed by atoms with E-state index in [4.69, 9.17) is 4.74 Å². The van der Waals surface area contributed by atoms with Crippen LogP contribution in [0.2, 0.25) is 0 Å². The van der Waals surface area contributed by atoms with Crippen molar-refractivity contribution < 1.29 is 22.7 Å². The molecule has 2 amide bonds. The first-order chi connectivity index (χ1) is 13.1. The monoisotopic (exact) mass is 405 g/mol. The van der Waals surface area contributed by atoms with Gasteiger partial charge in [0.1, 0.15) is 5.75 Å². The molecule has 0 saturated carbocycles. The molecule has 0 unspecified atom stereocenters. The molecule has 2 aromatic rings. The minimum Gasteiger partial charge on any atom is -0.481 e. The molecule has 1 atom stereocenters. The van der Waals surface area contributed by atoms with Gasteiger partial charge in [-0.15, -0.1) is 4.83 Å². The Morgan fingerprint density at radius 2 is 1.68 bits per heavy atom. The summed E-state index contributed by atoms with van der Waals surface area (Å²) in [7, 11) is -3.97. The SMILES string of the molecule is CC(=O)Nc1ccc(S(=O)(=O)NNC(=O)[C@@H](C)Oc2cccc(C)c2C)cc1. The third-order valence-corrected chi connectivity index (χ3v) is 5.29. The standard InChI is InChI=1S/C19H23N3O5S/c1-12-6-5-7-18(13(12)2)27-14(3)19(24)21-22-28(25,26)17-10-8-16(9-11-17)20-15(4)23/h5-11,14,22H,1-4H3,(H,20,23)(H,21,24)/t14-/m1/s1. The van der Waals surface area contributed by atoms with E-state index < -0.39 is 22.0 Å². The molecule has 150 valence electrons. The molecule has 8 nitrogen and oxygen atoms in total. The molecule has 0 aliphatic rings.